The molecule has 0 aliphatic carbocycles. The standard InChI is InChI=1S/C30H23N7O/c1-4-22-9-11-26(12-10-22)33-30-32-14-13-28(34-30)38-29-20(2)15-25(16-21(29)3)27-19-37(36-35-27)18-24-7-5-23(17-31)6-8-24/h1,5-16,19H,18H2,2-3H3,(H,32,33,34). The van der Waals surface area contributed by atoms with Crippen molar-refractivity contribution in [3.63, 3.8) is 0 Å². The summed E-state index contributed by atoms with van der Waals surface area (Å²) in [4.78, 5) is 8.78. The van der Waals surface area contributed by atoms with E-state index in [1.807, 2.05) is 68.6 Å². The van der Waals surface area contributed by atoms with Crippen molar-refractivity contribution >= 4 is 11.6 Å². The van der Waals surface area contributed by atoms with Gasteiger partial charge in [-0.05, 0) is 79.1 Å². The molecule has 0 amide bonds. The summed E-state index contributed by atoms with van der Waals surface area (Å²) in [7, 11) is 0. The molecule has 3 aromatic carbocycles. The van der Waals surface area contributed by atoms with Crippen molar-refractivity contribution in [2.75, 3.05) is 5.32 Å². The second kappa shape index (κ2) is 10.7. The van der Waals surface area contributed by atoms with Crippen LogP contribution in [0.15, 0.2) is 79.1 Å². The molecule has 0 radical (unpaired) electrons. The number of rotatable bonds is 7. The molecule has 0 bridgehead atoms. The molecule has 5 rings (SSSR count). The predicted octanol–water partition coefficient (Wildman–Crippen LogP) is 5.79. The van der Waals surface area contributed by atoms with E-state index in [2.05, 4.69) is 37.6 Å². The van der Waals surface area contributed by atoms with Gasteiger partial charge in [0.05, 0.1) is 24.4 Å². The molecule has 1 N–H and O–H groups in total. The van der Waals surface area contributed by atoms with Crippen LogP contribution in [0.4, 0.5) is 11.6 Å². The first-order chi connectivity index (χ1) is 18.5. The van der Waals surface area contributed by atoms with Crippen LogP contribution in [0.5, 0.6) is 11.6 Å². The average Bonchev–Trinajstić information content (AvgIpc) is 3.40. The average molecular weight is 498 g/mol. The Morgan fingerprint density at radius 3 is 2.37 bits per heavy atom. The molecule has 5 aromatic rings. The second-order valence-corrected chi connectivity index (χ2v) is 8.72. The molecule has 0 spiro atoms. The van der Waals surface area contributed by atoms with Crippen molar-refractivity contribution in [1.82, 2.24) is 25.0 Å². The zero-order chi connectivity index (χ0) is 26.5. The van der Waals surface area contributed by atoms with Crippen molar-refractivity contribution in [1.29, 1.82) is 5.26 Å². The number of nitriles is 1. The Morgan fingerprint density at radius 2 is 1.68 bits per heavy atom. The van der Waals surface area contributed by atoms with E-state index in [1.165, 1.54) is 0 Å². The van der Waals surface area contributed by atoms with Gasteiger partial charge in [-0.2, -0.15) is 10.2 Å². The minimum absolute atomic E-state index is 0.418. The largest absolute Gasteiger partial charge is 0.438 e. The third-order valence-electron chi connectivity index (χ3n) is 5.87. The maximum absolute atomic E-state index is 8.98. The number of nitrogens with zero attached hydrogens (tertiary/aromatic N) is 6. The molecule has 2 heterocycles. The molecular formula is C30H23N7O. The summed E-state index contributed by atoms with van der Waals surface area (Å²) < 4.78 is 7.95. The molecule has 8 heteroatoms. The van der Waals surface area contributed by atoms with Crippen LogP contribution in [0.1, 0.15) is 27.8 Å². The van der Waals surface area contributed by atoms with Crippen LogP contribution in [0, 0.1) is 37.5 Å². The van der Waals surface area contributed by atoms with Crippen molar-refractivity contribution in [2.45, 2.75) is 20.4 Å². The van der Waals surface area contributed by atoms with Crippen LogP contribution in [0.25, 0.3) is 11.3 Å². The number of anilines is 2. The first kappa shape index (κ1) is 24.2. The maximum atomic E-state index is 8.98. The van der Waals surface area contributed by atoms with Crippen LogP contribution < -0.4 is 10.1 Å². The highest BCUT2D eigenvalue weighted by molar-refractivity contribution is 5.63. The molecule has 0 atom stereocenters. The predicted molar refractivity (Wildman–Crippen MR) is 145 cm³/mol. The fourth-order valence-corrected chi connectivity index (χ4v) is 3.98. The molecule has 184 valence electrons. The Morgan fingerprint density at radius 1 is 0.974 bits per heavy atom. The molecule has 8 nitrogen and oxygen atoms in total. The number of aromatic nitrogens is 5. The summed E-state index contributed by atoms with van der Waals surface area (Å²) >= 11 is 0. The number of ether oxygens (including phenoxy) is 1. The molecule has 0 fully saturated rings. The summed E-state index contributed by atoms with van der Waals surface area (Å²) in [5, 5.41) is 20.8. The Kier molecular flexibility index (Phi) is 6.79. The number of benzene rings is 3. The zero-order valence-electron chi connectivity index (χ0n) is 20.9. The van der Waals surface area contributed by atoms with Gasteiger partial charge in [0, 0.05) is 29.1 Å². The summed E-state index contributed by atoms with van der Waals surface area (Å²) in [6.45, 7) is 4.54. The summed E-state index contributed by atoms with van der Waals surface area (Å²) in [5.74, 6) is 4.17. The van der Waals surface area contributed by atoms with Crippen LogP contribution in [-0.2, 0) is 6.54 Å². The fourth-order valence-electron chi connectivity index (χ4n) is 3.98. The van der Waals surface area contributed by atoms with Crippen LogP contribution in [0.3, 0.4) is 0 Å². The zero-order valence-corrected chi connectivity index (χ0v) is 20.9. The van der Waals surface area contributed by atoms with Crippen molar-refractivity contribution in [3.05, 3.63) is 107 Å². The lowest BCUT2D eigenvalue weighted by Gasteiger charge is -2.13. The van der Waals surface area contributed by atoms with E-state index in [0.29, 0.717) is 23.9 Å². The number of hydrogen-bond donors (Lipinski definition) is 1. The first-order valence-electron chi connectivity index (χ1n) is 11.9. The van der Waals surface area contributed by atoms with Gasteiger partial charge >= 0.3 is 0 Å². The van der Waals surface area contributed by atoms with Gasteiger partial charge in [0.15, 0.2) is 0 Å². The van der Waals surface area contributed by atoms with Gasteiger partial charge in [-0.3, -0.25) is 0 Å². The molecule has 2 aromatic heterocycles. The van der Waals surface area contributed by atoms with Crippen LogP contribution in [-0.4, -0.2) is 25.0 Å². The van der Waals surface area contributed by atoms with E-state index < -0.39 is 0 Å². The Balaban J connectivity index is 1.30. The summed E-state index contributed by atoms with van der Waals surface area (Å²) in [6.07, 6.45) is 8.98. The molecule has 0 aliphatic heterocycles. The second-order valence-electron chi connectivity index (χ2n) is 8.72. The Labute approximate surface area is 220 Å². The molecule has 0 aliphatic rings. The summed E-state index contributed by atoms with van der Waals surface area (Å²) in [5.41, 5.74) is 6.90. The third kappa shape index (κ3) is 5.51. The number of hydrogen-bond acceptors (Lipinski definition) is 7. The normalized spacial score (nSPS) is 10.4. The Bertz CT molecular complexity index is 1650. The topological polar surface area (TPSA) is 102 Å². The van der Waals surface area contributed by atoms with E-state index in [9.17, 15) is 0 Å². The quantitative estimate of drug-likeness (QED) is 0.284. The maximum Gasteiger partial charge on any atom is 0.230 e. The van der Waals surface area contributed by atoms with Crippen LogP contribution in [0.2, 0.25) is 0 Å². The molecule has 38 heavy (non-hydrogen) atoms. The van der Waals surface area contributed by atoms with Gasteiger partial charge in [0.1, 0.15) is 11.4 Å². The minimum atomic E-state index is 0.418. The lowest BCUT2D eigenvalue weighted by Crippen LogP contribution is -2.00. The highest BCUT2D eigenvalue weighted by atomic mass is 16.5. The van der Waals surface area contributed by atoms with E-state index in [-0.39, 0.29) is 0 Å². The first-order valence-corrected chi connectivity index (χ1v) is 11.9. The minimum Gasteiger partial charge on any atom is -0.438 e. The number of terminal acetylenes is 1. The number of nitrogens with one attached hydrogen (secondary N) is 1. The van der Waals surface area contributed by atoms with E-state index >= 15 is 0 Å². The van der Waals surface area contributed by atoms with Gasteiger partial charge in [-0.1, -0.05) is 23.3 Å². The molecule has 0 saturated heterocycles. The molecular weight excluding hydrogens is 474 g/mol. The van der Waals surface area contributed by atoms with Gasteiger partial charge in [0.2, 0.25) is 11.8 Å². The molecule has 0 saturated carbocycles. The monoisotopic (exact) mass is 497 g/mol. The van der Waals surface area contributed by atoms with Gasteiger partial charge in [-0.15, -0.1) is 11.5 Å². The Hall–Kier alpha value is -5.47. The third-order valence-corrected chi connectivity index (χ3v) is 5.87. The fraction of sp³-hybridized carbons (Fsp3) is 0.100. The van der Waals surface area contributed by atoms with E-state index in [1.54, 1.807) is 29.1 Å². The van der Waals surface area contributed by atoms with Gasteiger partial charge in [0.25, 0.3) is 0 Å². The van der Waals surface area contributed by atoms with Gasteiger partial charge in [-0.25, -0.2) is 9.67 Å². The number of aryl methyl sites for hydroxylation is 2. The van der Waals surface area contributed by atoms with Crippen LogP contribution >= 0.6 is 0 Å². The van der Waals surface area contributed by atoms with Crippen molar-refractivity contribution in [2.24, 2.45) is 0 Å². The molecule has 0 unspecified atom stereocenters. The van der Waals surface area contributed by atoms with Gasteiger partial charge < -0.3 is 10.1 Å². The lowest BCUT2D eigenvalue weighted by molar-refractivity contribution is 0.455. The highest BCUT2D eigenvalue weighted by Gasteiger charge is 2.13. The van der Waals surface area contributed by atoms with Crippen molar-refractivity contribution < 1.29 is 4.74 Å². The van der Waals surface area contributed by atoms with E-state index in [4.69, 9.17) is 16.4 Å². The van der Waals surface area contributed by atoms with E-state index in [0.717, 1.165) is 44.9 Å². The highest BCUT2D eigenvalue weighted by Crippen LogP contribution is 2.32. The van der Waals surface area contributed by atoms with Crippen molar-refractivity contribution in [3.8, 4) is 41.3 Å². The lowest BCUT2D eigenvalue weighted by atomic mass is 10.0. The smallest absolute Gasteiger partial charge is 0.230 e. The summed E-state index contributed by atoms with van der Waals surface area (Å²) in [6, 6.07) is 22.8. The SMILES string of the molecule is C#Cc1ccc(Nc2nccc(Oc3c(C)cc(-c4cn(Cc5ccc(C#N)cc5)nn4)cc3C)n2)cc1.